The van der Waals surface area contributed by atoms with Crippen molar-refractivity contribution in [3.63, 3.8) is 0 Å². The number of hydrogen-bond acceptors (Lipinski definition) is 9. The van der Waals surface area contributed by atoms with E-state index in [0.717, 1.165) is 31.7 Å². The van der Waals surface area contributed by atoms with E-state index in [1.807, 2.05) is 20.8 Å². The molecule has 0 bridgehead atoms. The summed E-state index contributed by atoms with van der Waals surface area (Å²) in [6, 6.07) is 0. The summed E-state index contributed by atoms with van der Waals surface area (Å²) in [5, 5.41) is 0. The minimum atomic E-state index is -0.190. The molecule has 1 fully saturated rings. The number of esters is 1. The molecule has 1 rings (SSSR count). The first-order valence-electron chi connectivity index (χ1n) is 11.3. The molecule has 1 aliphatic heterocycles. The molecule has 1 heterocycles. The molecule has 0 saturated carbocycles. The van der Waals surface area contributed by atoms with E-state index in [9.17, 15) is 4.79 Å². The van der Waals surface area contributed by atoms with Gasteiger partial charge >= 0.3 is 5.97 Å². The quantitative estimate of drug-likeness (QED) is 0.187. The van der Waals surface area contributed by atoms with Crippen LogP contribution in [-0.2, 0) is 33.2 Å². The van der Waals surface area contributed by atoms with Gasteiger partial charge in [0, 0.05) is 7.11 Å². The van der Waals surface area contributed by atoms with Crippen LogP contribution < -0.4 is 0 Å². The Kier molecular flexibility index (Phi) is 16.7. The topological polar surface area (TPSA) is 75.7 Å². The zero-order valence-electron chi connectivity index (χ0n) is 19.8. The molecule has 184 valence electrons. The summed E-state index contributed by atoms with van der Waals surface area (Å²) in [6.07, 6.45) is 2.26. The fourth-order valence-corrected chi connectivity index (χ4v) is 3.37. The molecule has 8 nitrogen and oxygen atoms in total. The van der Waals surface area contributed by atoms with Crippen molar-refractivity contribution in [2.45, 2.75) is 51.9 Å². The van der Waals surface area contributed by atoms with E-state index in [-0.39, 0.29) is 30.9 Å². The maximum atomic E-state index is 11.9. The maximum Gasteiger partial charge on any atom is 0.320 e. The van der Waals surface area contributed by atoms with Crippen molar-refractivity contribution >= 4 is 18.6 Å². The normalized spacial score (nSPS) is 18.6. The number of hydrogen-bond donors (Lipinski definition) is 1. The maximum absolute atomic E-state index is 11.9. The Balaban J connectivity index is 1.89. The van der Waals surface area contributed by atoms with E-state index in [1.54, 1.807) is 7.11 Å². The Morgan fingerprint density at radius 1 is 0.903 bits per heavy atom. The summed E-state index contributed by atoms with van der Waals surface area (Å²) in [6.45, 7) is 11.3. The van der Waals surface area contributed by atoms with Gasteiger partial charge in [-0.3, -0.25) is 9.69 Å². The lowest BCUT2D eigenvalue weighted by molar-refractivity contribution is -0.147. The molecule has 0 aromatic heterocycles. The highest BCUT2D eigenvalue weighted by molar-refractivity contribution is 7.80. The van der Waals surface area contributed by atoms with Crippen molar-refractivity contribution in [3.8, 4) is 0 Å². The van der Waals surface area contributed by atoms with Gasteiger partial charge in [-0.1, -0.05) is 0 Å². The van der Waals surface area contributed by atoms with Crippen LogP contribution in [0.4, 0.5) is 0 Å². The number of likely N-dealkylation sites (tertiary alicyclic amines) is 1. The van der Waals surface area contributed by atoms with E-state index in [2.05, 4.69) is 17.5 Å². The zero-order valence-corrected chi connectivity index (χ0v) is 20.6. The number of ether oxygens (including phenoxy) is 6. The van der Waals surface area contributed by atoms with Gasteiger partial charge in [0.1, 0.15) is 6.61 Å². The molecule has 9 heteroatoms. The number of piperidine rings is 1. The Morgan fingerprint density at radius 3 is 2.13 bits per heavy atom. The molecule has 0 aliphatic carbocycles. The van der Waals surface area contributed by atoms with Gasteiger partial charge in [-0.15, -0.1) is 0 Å². The molecule has 31 heavy (non-hydrogen) atoms. The van der Waals surface area contributed by atoms with Crippen molar-refractivity contribution in [1.29, 1.82) is 0 Å². The van der Waals surface area contributed by atoms with Crippen LogP contribution in [0.3, 0.4) is 0 Å². The number of nitrogens with zero attached hydrogens (tertiary/aromatic N) is 1. The van der Waals surface area contributed by atoms with Gasteiger partial charge in [0.2, 0.25) is 0 Å². The molecule has 0 amide bonds. The molecule has 0 N–H and O–H groups in total. The van der Waals surface area contributed by atoms with Crippen molar-refractivity contribution in [2.24, 2.45) is 5.92 Å². The lowest BCUT2D eigenvalue weighted by atomic mass is 9.99. The van der Waals surface area contributed by atoms with Crippen molar-refractivity contribution in [3.05, 3.63) is 0 Å². The predicted molar refractivity (Wildman–Crippen MR) is 123 cm³/mol. The Bertz CT molecular complexity index is 450. The summed E-state index contributed by atoms with van der Waals surface area (Å²) in [5.74, 6) is 1.41. The molecule has 0 radical (unpaired) electrons. The van der Waals surface area contributed by atoms with Crippen LogP contribution in [0, 0.1) is 5.92 Å². The second-order valence-electron chi connectivity index (χ2n) is 8.14. The van der Waals surface area contributed by atoms with Gasteiger partial charge in [-0.25, -0.2) is 0 Å². The Morgan fingerprint density at radius 2 is 1.48 bits per heavy atom. The van der Waals surface area contributed by atoms with Crippen LogP contribution in [0.25, 0.3) is 0 Å². The highest BCUT2D eigenvalue weighted by Gasteiger charge is 2.20. The van der Waals surface area contributed by atoms with Crippen LogP contribution in [0.5, 0.6) is 0 Å². The van der Waals surface area contributed by atoms with Crippen molar-refractivity contribution in [2.75, 3.05) is 78.7 Å². The standard InChI is InChI=1S/C22H43NO7S/c1-18(25-4)15-29-20(3)16-30-19(2)14-27-10-9-26-11-12-28-22(24)13-23-7-5-21(17-31)6-8-23/h18-21,31H,5-17H2,1-4H3. The summed E-state index contributed by atoms with van der Waals surface area (Å²) < 4.78 is 32.8. The predicted octanol–water partition coefficient (Wildman–Crippen LogP) is 2.05. The molecule has 1 aliphatic rings. The third kappa shape index (κ3) is 15.1. The van der Waals surface area contributed by atoms with Crippen molar-refractivity contribution < 1.29 is 33.2 Å². The highest BCUT2D eigenvalue weighted by Crippen LogP contribution is 2.17. The number of methoxy groups -OCH3 is 1. The minimum absolute atomic E-state index is 0.00552. The third-order valence-electron chi connectivity index (χ3n) is 5.17. The molecular weight excluding hydrogens is 422 g/mol. The van der Waals surface area contributed by atoms with Crippen LogP contribution >= 0.6 is 12.6 Å². The van der Waals surface area contributed by atoms with E-state index < -0.39 is 0 Å². The largest absolute Gasteiger partial charge is 0.462 e. The van der Waals surface area contributed by atoms with E-state index in [1.165, 1.54) is 0 Å². The lowest BCUT2D eigenvalue weighted by Crippen LogP contribution is -2.38. The van der Waals surface area contributed by atoms with Gasteiger partial charge in [0.25, 0.3) is 0 Å². The average Bonchev–Trinajstić information content (AvgIpc) is 2.78. The van der Waals surface area contributed by atoms with Crippen LogP contribution in [0.2, 0.25) is 0 Å². The smallest absolute Gasteiger partial charge is 0.320 e. The van der Waals surface area contributed by atoms with E-state index >= 15 is 0 Å². The van der Waals surface area contributed by atoms with Gasteiger partial charge < -0.3 is 28.4 Å². The summed E-state index contributed by atoms with van der Waals surface area (Å²) in [7, 11) is 1.67. The Hall–Kier alpha value is -0.420. The summed E-state index contributed by atoms with van der Waals surface area (Å²) >= 11 is 4.34. The zero-order chi connectivity index (χ0) is 22.9. The van der Waals surface area contributed by atoms with Gasteiger partial charge in [-0.05, 0) is 58.4 Å². The number of rotatable bonds is 18. The van der Waals surface area contributed by atoms with Crippen LogP contribution in [0.1, 0.15) is 33.6 Å². The molecule has 3 unspecified atom stereocenters. The molecule has 0 aromatic carbocycles. The summed E-state index contributed by atoms with van der Waals surface area (Å²) in [5.41, 5.74) is 0. The van der Waals surface area contributed by atoms with Gasteiger partial charge in [0.05, 0.1) is 64.5 Å². The number of carbonyl (C=O) groups is 1. The minimum Gasteiger partial charge on any atom is -0.462 e. The fraction of sp³-hybridized carbons (Fsp3) is 0.955. The highest BCUT2D eigenvalue weighted by atomic mass is 32.1. The third-order valence-corrected chi connectivity index (χ3v) is 5.68. The van der Waals surface area contributed by atoms with E-state index in [0.29, 0.717) is 52.1 Å². The van der Waals surface area contributed by atoms with E-state index in [4.69, 9.17) is 28.4 Å². The monoisotopic (exact) mass is 465 g/mol. The molecule has 1 saturated heterocycles. The number of thiol groups is 1. The first-order valence-corrected chi connectivity index (χ1v) is 12.0. The molecule has 0 aromatic rings. The second-order valence-corrected chi connectivity index (χ2v) is 8.51. The van der Waals surface area contributed by atoms with Crippen LogP contribution in [-0.4, -0.2) is 108 Å². The average molecular weight is 466 g/mol. The lowest BCUT2D eigenvalue weighted by Gasteiger charge is -2.30. The Labute approximate surface area is 193 Å². The molecule has 3 atom stereocenters. The molecule has 0 spiro atoms. The van der Waals surface area contributed by atoms with Crippen LogP contribution in [0.15, 0.2) is 0 Å². The molecular formula is C22H43NO7S. The second kappa shape index (κ2) is 18.1. The van der Waals surface area contributed by atoms with Gasteiger partial charge in [-0.2, -0.15) is 12.6 Å². The summed E-state index contributed by atoms with van der Waals surface area (Å²) in [4.78, 5) is 14.0. The first-order chi connectivity index (χ1) is 14.9. The van der Waals surface area contributed by atoms with Crippen molar-refractivity contribution in [1.82, 2.24) is 4.90 Å². The SMILES string of the molecule is COC(C)COC(C)COC(C)COCCOCCOC(=O)CN1CCC(CS)CC1. The number of carbonyl (C=O) groups excluding carboxylic acids is 1. The fourth-order valence-electron chi connectivity index (χ4n) is 3.00. The van der Waals surface area contributed by atoms with Gasteiger partial charge in [0.15, 0.2) is 0 Å². The first kappa shape index (κ1) is 28.6.